The number of rotatable bonds is 5. The largest absolute Gasteiger partial charge is 0.496 e. The Morgan fingerprint density at radius 2 is 1.68 bits per heavy atom. The third-order valence-corrected chi connectivity index (χ3v) is 3.28. The first-order valence-corrected chi connectivity index (χ1v) is 6.75. The zero-order valence-electron chi connectivity index (χ0n) is 12.7. The molecule has 0 heterocycles. The maximum absolute atomic E-state index is 12.8. The van der Waals surface area contributed by atoms with Gasteiger partial charge in [-0.3, -0.25) is 4.79 Å². The fourth-order valence-electron chi connectivity index (χ4n) is 2.09. The highest BCUT2D eigenvalue weighted by atomic mass is 19.1. The lowest BCUT2D eigenvalue weighted by atomic mass is 10.0. The Morgan fingerprint density at radius 1 is 1.05 bits per heavy atom. The van der Waals surface area contributed by atoms with Gasteiger partial charge in [0.1, 0.15) is 17.3 Å². The summed E-state index contributed by atoms with van der Waals surface area (Å²) in [5, 5.41) is 0. The van der Waals surface area contributed by atoms with Gasteiger partial charge in [0.2, 0.25) is 0 Å². The number of ketones is 1. The van der Waals surface area contributed by atoms with Crippen LogP contribution in [0.25, 0.3) is 6.08 Å². The lowest BCUT2D eigenvalue weighted by molar-refractivity contribution is 0.104. The molecule has 0 radical (unpaired) electrons. The van der Waals surface area contributed by atoms with E-state index in [0.717, 1.165) is 11.1 Å². The normalized spacial score (nSPS) is 10.7. The summed E-state index contributed by atoms with van der Waals surface area (Å²) in [6, 6.07) is 9.33. The number of carbonyl (C=O) groups excluding carboxylic acids is 1. The zero-order chi connectivity index (χ0) is 16.1. The van der Waals surface area contributed by atoms with Crippen molar-refractivity contribution in [2.75, 3.05) is 14.2 Å². The van der Waals surface area contributed by atoms with Crippen LogP contribution in [0.2, 0.25) is 0 Å². The predicted octanol–water partition coefficient (Wildman–Crippen LogP) is 4.05. The first-order chi connectivity index (χ1) is 10.5. The van der Waals surface area contributed by atoms with Gasteiger partial charge in [0.05, 0.1) is 19.8 Å². The van der Waals surface area contributed by atoms with Crippen LogP contribution in [0.1, 0.15) is 21.5 Å². The van der Waals surface area contributed by atoms with Crippen molar-refractivity contribution in [3.8, 4) is 11.5 Å². The molecular weight excluding hydrogens is 283 g/mol. The van der Waals surface area contributed by atoms with Gasteiger partial charge in [-0.1, -0.05) is 18.2 Å². The number of hydrogen-bond acceptors (Lipinski definition) is 3. The van der Waals surface area contributed by atoms with E-state index in [-0.39, 0.29) is 11.6 Å². The summed E-state index contributed by atoms with van der Waals surface area (Å²) < 4.78 is 23.3. The second-order valence-electron chi connectivity index (χ2n) is 4.77. The molecule has 2 aromatic rings. The highest BCUT2D eigenvalue weighted by Gasteiger charge is 2.13. The number of carbonyl (C=O) groups is 1. The molecule has 0 atom stereocenters. The van der Waals surface area contributed by atoms with Gasteiger partial charge in [-0.2, -0.15) is 0 Å². The summed E-state index contributed by atoms with van der Waals surface area (Å²) in [6.07, 6.45) is 3.08. The SMILES string of the molecule is COc1cc(OC)c(C(=O)/C=C/c2ccc(F)cc2)cc1C. The van der Waals surface area contributed by atoms with E-state index < -0.39 is 0 Å². The molecule has 114 valence electrons. The van der Waals surface area contributed by atoms with Gasteiger partial charge in [0, 0.05) is 6.07 Å². The van der Waals surface area contributed by atoms with Crippen molar-refractivity contribution >= 4 is 11.9 Å². The summed E-state index contributed by atoms with van der Waals surface area (Å²) in [5.74, 6) is 0.620. The minimum atomic E-state index is -0.309. The molecule has 22 heavy (non-hydrogen) atoms. The topological polar surface area (TPSA) is 35.5 Å². The maximum atomic E-state index is 12.8. The monoisotopic (exact) mass is 300 g/mol. The van der Waals surface area contributed by atoms with Crippen LogP contribution in [-0.2, 0) is 0 Å². The molecule has 0 saturated heterocycles. The van der Waals surface area contributed by atoms with E-state index in [4.69, 9.17) is 9.47 Å². The highest BCUT2D eigenvalue weighted by Crippen LogP contribution is 2.29. The zero-order valence-corrected chi connectivity index (χ0v) is 12.7. The van der Waals surface area contributed by atoms with Crippen molar-refractivity contribution in [2.24, 2.45) is 0 Å². The van der Waals surface area contributed by atoms with Crippen LogP contribution in [0.15, 0.2) is 42.5 Å². The molecule has 0 fully saturated rings. The van der Waals surface area contributed by atoms with Gasteiger partial charge in [-0.15, -0.1) is 0 Å². The molecule has 0 amide bonds. The summed E-state index contributed by atoms with van der Waals surface area (Å²) in [7, 11) is 3.07. The molecule has 2 rings (SSSR count). The molecule has 0 bridgehead atoms. The maximum Gasteiger partial charge on any atom is 0.189 e. The number of hydrogen-bond donors (Lipinski definition) is 0. The van der Waals surface area contributed by atoms with Gasteiger partial charge in [-0.25, -0.2) is 4.39 Å². The highest BCUT2D eigenvalue weighted by molar-refractivity contribution is 6.08. The smallest absolute Gasteiger partial charge is 0.189 e. The molecule has 0 aliphatic carbocycles. The second-order valence-corrected chi connectivity index (χ2v) is 4.77. The van der Waals surface area contributed by atoms with Crippen LogP contribution in [0, 0.1) is 12.7 Å². The Labute approximate surface area is 129 Å². The first-order valence-electron chi connectivity index (χ1n) is 6.75. The Morgan fingerprint density at radius 3 is 2.27 bits per heavy atom. The van der Waals surface area contributed by atoms with Crippen LogP contribution in [0.4, 0.5) is 4.39 Å². The van der Waals surface area contributed by atoms with E-state index in [0.29, 0.717) is 17.1 Å². The summed E-state index contributed by atoms with van der Waals surface area (Å²) in [4.78, 5) is 12.3. The fraction of sp³-hybridized carbons (Fsp3) is 0.167. The number of aryl methyl sites for hydroxylation is 1. The number of ether oxygens (including phenoxy) is 2. The average molecular weight is 300 g/mol. The van der Waals surface area contributed by atoms with Gasteiger partial charge in [0.15, 0.2) is 5.78 Å². The molecule has 2 aromatic carbocycles. The van der Waals surface area contributed by atoms with Crippen molar-refractivity contribution in [2.45, 2.75) is 6.92 Å². The number of allylic oxidation sites excluding steroid dienone is 1. The van der Waals surface area contributed by atoms with E-state index in [1.807, 2.05) is 6.92 Å². The first kappa shape index (κ1) is 15.8. The quantitative estimate of drug-likeness (QED) is 0.617. The minimum absolute atomic E-state index is 0.188. The molecule has 0 aliphatic rings. The van der Waals surface area contributed by atoms with Crippen molar-refractivity contribution < 1.29 is 18.7 Å². The second kappa shape index (κ2) is 6.89. The van der Waals surface area contributed by atoms with E-state index in [2.05, 4.69) is 0 Å². The van der Waals surface area contributed by atoms with Crippen molar-refractivity contribution in [1.29, 1.82) is 0 Å². The molecule has 0 unspecified atom stereocenters. The van der Waals surface area contributed by atoms with Gasteiger partial charge >= 0.3 is 0 Å². The van der Waals surface area contributed by atoms with Crippen LogP contribution in [0.5, 0.6) is 11.5 Å². The predicted molar refractivity (Wildman–Crippen MR) is 84.0 cm³/mol. The number of benzene rings is 2. The van der Waals surface area contributed by atoms with Gasteiger partial charge in [-0.05, 0) is 42.3 Å². The van der Waals surface area contributed by atoms with E-state index in [9.17, 15) is 9.18 Å². The minimum Gasteiger partial charge on any atom is -0.496 e. The lowest BCUT2D eigenvalue weighted by Gasteiger charge is -2.11. The van der Waals surface area contributed by atoms with Crippen LogP contribution in [-0.4, -0.2) is 20.0 Å². The Hall–Kier alpha value is -2.62. The van der Waals surface area contributed by atoms with Gasteiger partial charge in [0.25, 0.3) is 0 Å². The third kappa shape index (κ3) is 3.52. The van der Waals surface area contributed by atoms with Crippen LogP contribution >= 0.6 is 0 Å². The molecule has 0 saturated carbocycles. The molecule has 0 aliphatic heterocycles. The molecule has 3 nitrogen and oxygen atoms in total. The lowest BCUT2D eigenvalue weighted by Crippen LogP contribution is -2.01. The van der Waals surface area contributed by atoms with Crippen molar-refractivity contribution in [3.63, 3.8) is 0 Å². The van der Waals surface area contributed by atoms with Gasteiger partial charge < -0.3 is 9.47 Å². The van der Waals surface area contributed by atoms with Crippen LogP contribution in [0.3, 0.4) is 0 Å². The van der Waals surface area contributed by atoms with E-state index in [1.165, 1.54) is 25.3 Å². The molecule has 0 spiro atoms. The molecule has 0 aromatic heterocycles. The molecule has 0 N–H and O–H groups in total. The Kier molecular flexibility index (Phi) is 4.94. The molecular formula is C18H17FO3. The Bertz CT molecular complexity index is 703. The summed E-state index contributed by atoms with van der Waals surface area (Å²) in [6.45, 7) is 1.86. The molecule has 4 heteroatoms. The summed E-state index contributed by atoms with van der Waals surface area (Å²) >= 11 is 0. The number of methoxy groups -OCH3 is 2. The van der Waals surface area contributed by atoms with Crippen molar-refractivity contribution in [1.82, 2.24) is 0 Å². The van der Waals surface area contributed by atoms with Crippen molar-refractivity contribution in [3.05, 3.63) is 65.0 Å². The standard InChI is InChI=1S/C18H17FO3/c1-12-10-15(18(22-3)11-17(12)21-2)16(20)9-6-13-4-7-14(19)8-5-13/h4-11H,1-3H3/b9-6+. The fourth-order valence-corrected chi connectivity index (χ4v) is 2.09. The average Bonchev–Trinajstić information content (AvgIpc) is 2.53. The Balaban J connectivity index is 2.29. The van der Waals surface area contributed by atoms with Crippen LogP contribution < -0.4 is 9.47 Å². The summed E-state index contributed by atoms with van der Waals surface area (Å²) in [5.41, 5.74) is 2.06. The number of halogens is 1. The third-order valence-electron chi connectivity index (χ3n) is 3.28. The van der Waals surface area contributed by atoms with E-state index >= 15 is 0 Å². The van der Waals surface area contributed by atoms with E-state index in [1.54, 1.807) is 37.5 Å².